The third-order valence-electron chi connectivity index (χ3n) is 13.1. The molecule has 15 atom stereocenters. The van der Waals surface area contributed by atoms with Gasteiger partial charge < -0.3 is 29.9 Å². The van der Waals surface area contributed by atoms with E-state index in [0.717, 1.165) is 57.2 Å². The molecule has 0 aromatic rings. The fraction of sp³-hybridized carbons (Fsp3) is 0.909. The number of fused-ring (bicyclic) bond motifs is 5. The first-order valence-corrected chi connectivity index (χ1v) is 16.4. The first-order chi connectivity index (χ1) is 19.9. The van der Waals surface area contributed by atoms with E-state index in [2.05, 4.69) is 32.7 Å². The number of rotatable bonds is 6. The van der Waals surface area contributed by atoms with Gasteiger partial charge in [-0.3, -0.25) is 14.6 Å². The molecular weight excluding hydrogens is 538 g/mol. The van der Waals surface area contributed by atoms with Gasteiger partial charge in [0.05, 0.1) is 18.4 Å². The molecule has 0 aromatic heterocycles. The number of carbonyl (C=O) groups is 2. The van der Waals surface area contributed by atoms with E-state index >= 15 is 0 Å². The van der Waals surface area contributed by atoms with Gasteiger partial charge in [-0.15, -0.1) is 0 Å². The van der Waals surface area contributed by atoms with Gasteiger partial charge in [0, 0.05) is 24.8 Å². The SMILES string of the molecule is CC1CN=C(C(=O)C(C)[C@H]2CC[C@H]3[C@@H]4CC(=O)C5CC(O[C@@H]6O[C@H](CO)[C@@H](O)[C@H](O)[C@H]6O)CC[C@]5(C)[C@H]4CC[C@]23C)C1. The highest BCUT2D eigenvalue weighted by molar-refractivity contribution is 6.41. The van der Waals surface area contributed by atoms with E-state index in [9.17, 15) is 30.0 Å². The molecule has 2 heterocycles. The Labute approximate surface area is 249 Å². The fourth-order valence-electron chi connectivity index (χ4n) is 10.7. The molecule has 5 fully saturated rings. The van der Waals surface area contributed by atoms with Gasteiger partial charge in [-0.2, -0.15) is 0 Å². The van der Waals surface area contributed by atoms with E-state index in [1.165, 1.54) is 0 Å². The number of Topliss-reactive ketones (excluding diaryl/α,β-unsaturated/α-hetero) is 2. The molecule has 4 saturated carbocycles. The van der Waals surface area contributed by atoms with Crippen LogP contribution >= 0.6 is 0 Å². The van der Waals surface area contributed by atoms with Crippen LogP contribution in [0, 0.1) is 52.3 Å². The zero-order chi connectivity index (χ0) is 30.1. The summed E-state index contributed by atoms with van der Waals surface area (Å²) in [6.07, 6.45) is 0.930. The largest absolute Gasteiger partial charge is 0.394 e. The highest BCUT2D eigenvalue weighted by Gasteiger charge is 2.63. The minimum absolute atomic E-state index is 0.0294. The van der Waals surface area contributed by atoms with E-state index in [-0.39, 0.29) is 34.6 Å². The van der Waals surface area contributed by atoms with Crippen LogP contribution in [0.2, 0.25) is 0 Å². The van der Waals surface area contributed by atoms with Crippen LogP contribution in [-0.2, 0) is 19.1 Å². The minimum atomic E-state index is -1.48. The third kappa shape index (κ3) is 4.85. The minimum Gasteiger partial charge on any atom is -0.394 e. The number of aliphatic hydroxyl groups is 4. The van der Waals surface area contributed by atoms with Gasteiger partial charge in [0.15, 0.2) is 12.1 Å². The van der Waals surface area contributed by atoms with Crippen molar-refractivity contribution in [1.29, 1.82) is 0 Å². The number of nitrogens with zero attached hydrogens (tertiary/aromatic N) is 1. The summed E-state index contributed by atoms with van der Waals surface area (Å²) in [5.74, 6) is 2.42. The second-order valence-electron chi connectivity index (χ2n) is 15.3. The molecule has 0 amide bonds. The Morgan fingerprint density at radius 2 is 1.74 bits per heavy atom. The summed E-state index contributed by atoms with van der Waals surface area (Å²) in [5.41, 5.74) is 0.736. The lowest BCUT2D eigenvalue weighted by Crippen LogP contribution is -2.61. The van der Waals surface area contributed by atoms with Crippen LogP contribution in [0.15, 0.2) is 4.99 Å². The van der Waals surface area contributed by atoms with Gasteiger partial charge in [0.25, 0.3) is 0 Å². The molecule has 9 nitrogen and oxygen atoms in total. The number of ether oxygens (including phenoxy) is 2. The standard InChI is InChI=1S/C33H51NO8/c1-16-11-24(34-14-16)27(37)17(2)20-5-6-21-19-13-25(36)23-12-18(7-9-33(23,4)22(19)8-10-32(20,21)3)41-31-30(40)29(39)28(38)26(15-35)42-31/h16-23,26,28-31,35,38-40H,5-15H2,1-4H3/t16?,17?,18?,19-,20+,21-,22-,23?,26+,28+,29-,30+,31+,32+,33+/m0/s1. The highest BCUT2D eigenvalue weighted by atomic mass is 16.7. The molecule has 4 unspecified atom stereocenters. The monoisotopic (exact) mass is 589 g/mol. The molecule has 236 valence electrons. The lowest BCUT2D eigenvalue weighted by atomic mass is 9.44. The van der Waals surface area contributed by atoms with Crippen LogP contribution in [0.4, 0.5) is 0 Å². The molecular formula is C33H51NO8. The summed E-state index contributed by atoms with van der Waals surface area (Å²) in [6, 6.07) is 0. The Morgan fingerprint density at radius 3 is 2.43 bits per heavy atom. The predicted molar refractivity (Wildman–Crippen MR) is 155 cm³/mol. The van der Waals surface area contributed by atoms with Crippen LogP contribution in [0.1, 0.15) is 85.5 Å². The lowest BCUT2D eigenvalue weighted by Gasteiger charge is -2.60. The normalized spacial score (nSPS) is 51.3. The van der Waals surface area contributed by atoms with E-state index in [0.29, 0.717) is 48.2 Å². The molecule has 9 heteroatoms. The molecule has 4 aliphatic carbocycles. The molecule has 6 aliphatic rings. The lowest BCUT2D eigenvalue weighted by molar-refractivity contribution is -0.315. The average molecular weight is 590 g/mol. The Balaban J connectivity index is 1.14. The van der Waals surface area contributed by atoms with Gasteiger partial charge in [-0.25, -0.2) is 0 Å². The van der Waals surface area contributed by atoms with Gasteiger partial charge >= 0.3 is 0 Å². The van der Waals surface area contributed by atoms with E-state index in [1.807, 2.05) is 0 Å². The van der Waals surface area contributed by atoms with E-state index in [1.54, 1.807) is 0 Å². The second-order valence-corrected chi connectivity index (χ2v) is 15.3. The summed E-state index contributed by atoms with van der Waals surface area (Å²) in [7, 11) is 0. The number of aliphatic imine (C=N–C) groups is 1. The summed E-state index contributed by atoms with van der Waals surface area (Å²) in [5, 5.41) is 40.3. The molecule has 6 rings (SSSR count). The number of hydrogen-bond donors (Lipinski definition) is 4. The van der Waals surface area contributed by atoms with Gasteiger partial charge in [-0.1, -0.05) is 27.7 Å². The Hall–Kier alpha value is -1.23. The van der Waals surface area contributed by atoms with Gasteiger partial charge in [0.2, 0.25) is 0 Å². The van der Waals surface area contributed by atoms with Crippen molar-refractivity contribution in [2.75, 3.05) is 13.2 Å². The zero-order valence-electron chi connectivity index (χ0n) is 25.7. The first-order valence-electron chi connectivity index (χ1n) is 16.4. The van der Waals surface area contributed by atoms with Crippen molar-refractivity contribution in [2.24, 2.45) is 57.2 Å². The van der Waals surface area contributed by atoms with Gasteiger partial charge in [0.1, 0.15) is 30.2 Å². The third-order valence-corrected chi connectivity index (χ3v) is 13.1. The van der Waals surface area contributed by atoms with Crippen LogP contribution < -0.4 is 0 Å². The van der Waals surface area contributed by atoms with Crippen LogP contribution in [0.25, 0.3) is 0 Å². The van der Waals surface area contributed by atoms with Crippen LogP contribution in [-0.4, -0.2) is 87.7 Å². The quantitative estimate of drug-likeness (QED) is 0.346. The number of aliphatic hydroxyl groups excluding tert-OH is 4. The fourth-order valence-corrected chi connectivity index (χ4v) is 10.7. The Bertz CT molecular complexity index is 1090. The first kappa shape index (κ1) is 30.8. The second kappa shape index (κ2) is 11.3. The van der Waals surface area contributed by atoms with E-state index < -0.39 is 37.3 Å². The maximum atomic E-state index is 13.9. The molecule has 0 radical (unpaired) electrons. The summed E-state index contributed by atoms with van der Waals surface area (Å²) in [6.45, 7) is 9.25. The zero-order valence-corrected chi connectivity index (χ0v) is 25.7. The number of hydrogen-bond acceptors (Lipinski definition) is 9. The molecule has 0 bridgehead atoms. The van der Waals surface area contributed by atoms with Crippen molar-refractivity contribution in [3.63, 3.8) is 0 Å². The smallest absolute Gasteiger partial charge is 0.186 e. The topological polar surface area (TPSA) is 146 Å². The Kier molecular flexibility index (Phi) is 8.27. The van der Waals surface area contributed by atoms with Crippen LogP contribution in [0.3, 0.4) is 0 Å². The number of ketones is 2. The summed E-state index contributed by atoms with van der Waals surface area (Å²) >= 11 is 0. The van der Waals surface area contributed by atoms with Crippen molar-refractivity contribution in [3.8, 4) is 0 Å². The predicted octanol–water partition coefficient (Wildman–Crippen LogP) is 2.70. The highest BCUT2D eigenvalue weighted by Crippen LogP contribution is 2.68. The van der Waals surface area contributed by atoms with Gasteiger partial charge in [-0.05, 0) is 91.8 Å². The molecule has 0 aromatic carbocycles. The molecule has 42 heavy (non-hydrogen) atoms. The Morgan fingerprint density at radius 1 is 1.02 bits per heavy atom. The summed E-state index contributed by atoms with van der Waals surface area (Å²) in [4.78, 5) is 31.9. The van der Waals surface area contributed by atoms with Crippen molar-refractivity contribution in [2.45, 2.75) is 122 Å². The molecule has 4 N–H and O–H groups in total. The van der Waals surface area contributed by atoms with Crippen molar-refractivity contribution < 1.29 is 39.5 Å². The van der Waals surface area contributed by atoms with Crippen LogP contribution in [0.5, 0.6) is 0 Å². The maximum absolute atomic E-state index is 13.9. The van der Waals surface area contributed by atoms with E-state index in [4.69, 9.17) is 9.47 Å². The maximum Gasteiger partial charge on any atom is 0.186 e. The van der Waals surface area contributed by atoms with Crippen molar-refractivity contribution >= 4 is 17.3 Å². The van der Waals surface area contributed by atoms with Crippen molar-refractivity contribution in [1.82, 2.24) is 0 Å². The molecule has 0 spiro atoms. The van der Waals surface area contributed by atoms with Crippen molar-refractivity contribution in [3.05, 3.63) is 0 Å². The molecule has 1 saturated heterocycles. The average Bonchev–Trinajstić information content (AvgIpc) is 3.56. The molecule has 2 aliphatic heterocycles. The number of carbonyl (C=O) groups excluding carboxylic acids is 2. The summed E-state index contributed by atoms with van der Waals surface area (Å²) < 4.78 is 11.7.